The van der Waals surface area contributed by atoms with Gasteiger partial charge in [-0.15, -0.1) is 5.23 Å². The zero-order valence-corrected chi connectivity index (χ0v) is 16.1. The van der Waals surface area contributed by atoms with Crippen molar-refractivity contribution in [2.45, 2.75) is 6.92 Å². The lowest BCUT2D eigenvalue weighted by Gasteiger charge is -2.28. The Morgan fingerprint density at radius 3 is 2.48 bits per heavy atom. The maximum Gasteiger partial charge on any atom is 0.265 e. The summed E-state index contributed by atoms with van der Waals surface area (Å²) in [7, 11) is 1.31. The van der Waals surface area contributed by atoms with Gasteiger partial charge >= 0.3 is 0 Å². The number of aryl methyl sites for hydroxylation is 1. The molecule has 0 unspecified atom stereocenters. The van der Waals surface area contributed by atoms with Gasteiger partial charge in [0.15, 0.2) is 0 Å². The molecule has 0 saturated carbocycles. The minimum atomic E-state index is -0.409. The van der Waals surface area contributed by atoms with E-state index in [1.54, 1.807) is 36.4 Å². The Balaban J connectivity index is 1.93. The number of anilines is 2. The molecule has 6 nitrogen and oxygen atoms in total. The first-order valence-electron chi connectivity index (χ1n) is 8.18. The van der Waals surface area contributed by atoms with E-state index in [4.69, 9.17) is 4.84 Å². The van der Waals surface area contributed by atoms with Crippen LogP contribution < -0.4 is 10.1 Å². The fraction of sp³-hybridized carbons (Fsp3) is 0.100. The summed E-state index contributed by atoms with van der Waals surface area (Å²) in [6.45, 7) is 1.91. The number of carbonyl (C=O) groups is 2. The SMILES string of the molecule is CON(O)c1cccc(N2C(=O)c3cccc4c(Br)c(C)cc(c34)C2=O)c1. The van der Waals surface area contributed by atoms with Crippen molar-refractivity contribution < 1.29 is 19.6 Å². The maximum atomic E-state index is 13.2. The Bertz CT molecular complexity index is 1110. The molecule has 7 heteroatoms. The highest BCUT2D eigenvalue weighted by Gasteiger charge is 2.35. The third kappa shape index (κ3) is 2.63. The Hall–Kier alpha value is -2.74. The van der Waals surface area contributed by atoms with Crippen LogP contribution in [0, 0.1) is 6.92 Å². The van der Waals surface area contributed by atoms with Crippen LogP contribution in [0.2, 0.25) is 0 Å². The smallest absolute Gasteiger partial charge is 0.265 e. The number of imide groups is 1. The Morgan fingerprint density at radius 1 is 1.04 bits per heavy atom. The molecule has 0 atom stereocenters. The van der Waals surface area contributed by atoms with E-state index in [0.29, 0.717) is 33.1 Å². The van der Waals surface area contributed by atoms with Gasteiger partial charge in [0.2, 0.25) is 0 Å². The second-order valence-corrected chi connectivity index (χ2v) is 7.00. The van der Waals surface area contributed by atoms with E-state index >= 15 is 0 Å². The van der Waals surface area contributed by atoms with Crippen molar-refractivity contribution in [3.05, 3.63) is 69.7 Å². The highest BCUT2D eigenvalue weighted by Crippen LogP contribution is 2.38. The first kappa shape index (κ1) is 17.7. The lowest BCUT2D eigenvalue weighted by atomic mass is 9.92. The molecule has 0 aliphatic carbocycles. The van der Waals surface area contributed by atoms with E-state index in [0.717, 1.165) is 20.3 Å². The van der Waals surface area contributed by atoms with Crippen molar-refractivity contribution in [3.63, 3.8) is 0 Å². The minimum Gasteiger partial charge on any atom is -0.268 e. The highest BCUT2D eigenvalue weighted by atomic mass is 79.9. The highest BCUT2D eigenvalue weighted by molar-refractivity contribution is 9.10. The quantitative estimate of drug-likeness (QED) is 0.494. The van der Waals surface area contributed by atoms with Gasteiger partial charge < -0.3 is 0 Å². The van der Waals surface area contributed by atoms with Gasteiger partial charge in [-0.2, -0.15) is 0 Å². The molecule has 1 N–H and O–H groups in total. The van der Waals surface area contributed by atoms with Crippen LogP contribution in [-0.2, 0) is 4.84 Å². The van der Waals surface area contributed by atoms with Gasteiger partial charge in [-0.05, 0) is 64.1 Å². The zero-order valence-electron chi connectivity index (χ0n) is 14.6. The molecule has 2 amide bonds. The van der Waals surface area contributed by atoms with E-state index in [1.165, 1.54) is 13.2 Å². The number of benzene rings is 3. The molecule has 27 heavy (non-hydrogen) atoms. The second kappa shape index (κ2) is 6.45. The van der Waals surface area contributed by atoms with Gasteiger partial charge in [-0.3, -0.25) is 19.6 Å². The average molecular weight is 427 g/mol. The van der Waals surface area contributed by atoms with Crippen molar-refractivity contribution >= 4 is 49.9 Å². The van der Waals surface area contributed by atoms with Crippen LogP contribution in [0.5, 0.6) is 0 Å². The van der Waals surface area contributed by atoms with Gasteiger partial charge in [0.25, 0.3) is 11.8 Å². The normalized spacial score (nSPS) is 13.4. The molecule has 4 rings (SSSR count). The van der Waals surface area contributed by atoms with Gasteiger partial charge in [0.05, 0.1) is 18.5 Å². The van der Waals surface area contributed by atoms with Gasteiger partial charge in [0, 0.05) is 21.0 Å². The molecular weight excluding hydrogens is 412 g/mol. The molecule has 1 aliphatic heterocycles. The van der Waals surface area contributed by atoms with Crippen LogP contribution in [0.3, 0.4) is 0 Å². The van der Waals surface area contributed by atoms with E-state index in [-0.39, 0.29) is 0 Å². The number of hydrogen-bond acceptors (Lipinski definition) is 5. The molecule has 3 aromatic rings. The van der Waals surface area contributed by atoms with E-state index in [2.05, 4.69) is 15.9 Å². The Morgan fingerprint density at radius 2 is 1.74 bits per heavy atom. The van der Waals surface area contributed by atoms with Crippen molar-refractivity contribution in [1.82, 2.24) is 0 Å². The van der Waals surface area contributed by atoms with Crippen LogP contribution in [0.25, 0.3) is 10.8 Å². The summed E-state index contributed by atoms with van der Waals surface area (Å²) in [5, 5.41) is 11.8. The molecule has 1 aliphatic rings. The van der Waals surface area contributed by atoms with Gasteiger partial charge in [-0.25, -0.2) is 4.90 Å². The number of amides is 2. The minimum absolute atomic E-state index is 0.298. The predicted molar refractivity (Wildman–Crippen MR) is 105 cm³/mol. The summed E-state index contributed by atoms with van der Waals surface area (Å²) < 4.78 is 0.871. The van der Waals surface area contributed by atoms with Gasteiger partial charge in [-0.1, -0.05) is 18.2 Å². The van der Waals surface area contributed by atoms with Gasteiger partial charge in [0.1, 0.15) is 0 Å². The molecule has 0 spiro atoms. The summed E-state index contributed by atoms with van der Waals surface area (Å²) in [4.78, 5) is 32.2. The zero-order chi connectivity index (χ0) is 19.3. The fourth-order valence-electron chi connectivity index (χ4n) is 3.36. The van der Waals surface area contributed by atoms with E-state index < -0.39 is 11.8 Å². The maximum absolute atomic E-state index is 13.2. The lowest BCUT2D eigenvalue weighted by molar-refractivity contribution is -0.0109. The largest absolute Gasteiger partial charge is 0.268 e. The molecule has 3 aromatic carbocycles. The number of nitrogens with zero attached hydrogens (tertiary/aromatic N) is 2. The number of carbonyl (C=O) groups excluding carboxylic acids is 2. The second-order valence-electron chi connectivity index (χ2n) is 6.20. The number of rotatable bonds is 3. The Labute approximate surface area is 163 Å². The lowest BCUT2D eigenvalue weighted by Crippen LogP contribution is -2.40. The first-order chi connectivity index (χ1) is 12.9. The molecule has 0 bridgehead atoms. The molecule has 0 radical (unpaired) electrons. The monoisotopic (exact) mass is 426 g/mol. The van der Waals surface area contributed by atoms with Crippen molar-refractivity contribution in [1.29, 1.82) is 0 Å². The molecular formula is C20H15BrN2O4. The molecule has 0 aromatic heterocycles. The molecule has 0 fully saturated rings. The average Bonchev–Trinajstić information content (AvgIpc) is 2.69. The Kier molecular flexibility index (Phi) is 4.22. The van der Waals surface area contributed by atoms with Crippen molar-refractivity contribution in [2.24, 2.45) is 0 Å². The predicted octanol–water partition coefficient (Wildman–Crippen LogP) is 4.47. The molecule has 0 saturated heterocycles. The summed E-state index contributed by atoms with van der Waals surface area (Å²) in [6, 6.07) is 13.6. The van der Waals surface area contributed by atoms with Crippen LogP contribution in [0.4, 0.5) is 11.4 Å². The fourth-order valence-corrected chi connectivity index (χ4v) is 3.81. The van der Waals surface area contributed by atoms with Crippen LogP contribution in [0.1, 0.15) is 26.3 Å². The third-order valence-corrected chi connectivity index (χ3v) is 5.68. The first-order valence-corrected chi connectivity index (χ1v) is 8.97. The van der Waals surface area contributed by atoms with E-state index in [1.807, 2.05) is 13.0 Å². The van der Waals surface area contributed by atoms with Crippen molar-refractivity contribution in [3.8, 4) is 0 Å². The van der Waals surface area contributed by atoms with Crippen molar-refractivity contribution in [2.75, 3.05) is 17.2 Å². The summed E-state index contributed by atoms with van der Waals surface area (Å²) in [5.74, 6) is -0.814. The topological polar surface area (TPSA) is 70.1 Å². The van der Waals surface area contributed by atoms with Crippen LogP contribution >= 0.6 is 15.9 Å². The summed E-state index contributed by atoms with van der Waals surface area (Å²) >= 11 is 3.55. The summed E-state index contributed by atoms with van der Waals surface area (Å²) in [6.07, 6.45) is 0. The van der Waals surface area contributed by atoms with E-state index in [9.17, 15) is 14.8 Å². The summed E-state index contributed by atoms with van der Waals surface area (Å²) in [5.41, 5.74) is 2.49. The third-order valence-electron chi connectivity index (χ3n) is 4.63. The van der Waals surface area contributed by atoms with Crippen LogP contribution in [-0.4, -0.2) is 24.1 Å². The van der Waals surface area contributed by atoms with Crippen LogP contribution in [0.15, 0.2) is 53.0 Å². The number of halogens is 1. The molecule has 1 heterocycles. The molecule has 136 valence electrons. The standard InChI is InChI=1S/C20H15BrN2O4/c1-11-9-16-17-14(18(11)21)7-4-8-15(17)19(24)22(20(16)25)12-5-3-6-13(10-12)23(26)27-2/h3-10,26H,1-2H3. The number of hydrogen-bond donors (Lipinski definition) is 1.